The van der Waals surface area contributed by atoms with Crippen LogP contribution >= 0.6 is 0 Å². The van der Waals surface area contributed by atoms with E-state index in [1.807, 2.05) is 38.4 Å². The molecule has 1 aliphatic rings. The monoisotopic (exact) mass is 290 g/mol. The van der Waals surface area contributed by atoms with Crippen LogP contribution in [0.1, 0.15) is 32.6 Å². The molecular formula is C17H26N2O2. The smallest absolute Gasteiger partial charge is 0.230 e. The zero-order chi connectivity index (χ0) is 15.3. The summed E-state index contributed by atoms with van der Waals surface area (Å²) in [4.78, 5) is 14.4. The van der Waals surface area contributed by atoms with E-state index in [2.05, 4.69) is 17.1 Å². The normalized spacial score (nSPS) is 17.0. The minimum Gasteiger partial charge on any atom is -0.492 e. The summed E-state index contributed by atoms with van der Waals surface area (Å²) in [5, 5.41) is 3.02. The molecule has 1 aliphatic carbocycles. The number of ether oxygens (including phenoxy) is 1. The Hall–Kier alpha value is -1.55. The van der Waals surface area contributed by atoms with E-state index in [1.54, 1.807) is 0 Å². The fourth-order valence-electron chi connectivity index (χ4n) is 2.64. The number of anilines is 1. The Morgan fingerprint density at radius 3 is 2.43 bits per heavy atom. The van der Waals surface area contributed by atoms with E-state index in [0.717, 1.165) is 43.7 Å². The van der Waals surface area contributed by atoms with Gasteiger partial charge in [0.1, 0.15) is 12.4 Å². The molecule has 0 radical (unpaired) electrons. The first-order valence-corrected chi connectivity index (χ1v) is 7.69. The molecule has 0 heterocycles. The number of benzene rings is 1. The lowest BCUT2D eigenvalue weighted by Crippen LogP contribution is -2.30. The molecule has 116 valence electrons. The largest absolute Gasteiger partial charge is 0.492 e. The molecule has 4 heteroatoms. The third kappa shape index (κ3) is 4.46. The molecule has 1 saturated carbocycles. The molecule has 0 spiro atoms. The van der Waals surface area contributed by atoms with Gasteiger partial charge in [0.05, 0.1) is 0 Å². The average molecular weight is 290 g/mol. The first-order valence-electron chi connectivity index (χ1n) is 7.69. The highest BCUT2D eigenvalue weighted by atomic mass is 16.5. The standard InChI is InChI=1S/C17H26N2O2/c1-17(10-4-5-11-17)16(20)18-14-6-8-15(9-7-14)21-13-12-19(2)3/h6-9H,4-5,10-13H2,1-3H3,(H,18,20). The summed E-state index contributed by atoms with van der Waals surface area (Å²) in [5.74, 6) is 0.975. The van der Waals surface area contributed by atoms with Gasteiger partial charge in [-0.1, -0.05) is 19.8 Å². The van der Waals surface area contributed by atoms with Crippen molar-refractivity contribution in [2.24, 2.45) is 5.41 Å². The molecule has 0 aromatic heterocycles. The molecule has 1 aromatic rings. The van der Waals surface area contributed by atoms with Crippen molar-refractivity contribution in [1.29, 1.82) is 0 Å². The second-order valence-corrected chi connectivity index (χ2v) is 6.40. The molecule has 0 saturated heterocycles. The zero-order valence-corrected chi connectivity index (χ0v) is 13.3. The molecule has 0 unspecified atom stereocenters. The fourth-order valence-corrected chi connectivity index (χ4v) is 2.64. The van der Waals surface area contributed by atoms with Crippen LogP contribution in [0.2, 0.25) is 0 Å². The van der Waals surface area contributed by atoms with Crippen LogP contribution in [0.15, 0.2) is 24.3 Å². The van der Waals surface area contributed by atoms with Gasteiger partial charge in [-0.2, -0.15) is 0 Å². The van der Waals surface area contributed by atoms with Crippen LogP contribution in [0.25, 0.3) is 0 Å². The number of nitrogens with one attached hydrogen (secondary N) is 1. The molecule has 21 heavy (non-hydrogen) atoms. The van der Waals surface area contributed by atoms with E-state index in [4.69, 9.17) is 4.74 Å². The number of nitrogens with zero attached hydrogens (tertiary/aromatic N) is 1. The maximum atomic E-state index is 12.3. The molecule has 0 aliphatic heterocycles. The topological polar surface area (TPSA) is 41.6 Å². The van der Waals surface area contributed by atoms with Gasteiger partial charge < -0.3 is 15.0 Å². The molecule has 1 fully saturated rings. The van der Waals surface area contributed by atoms with Crippen molar-refractivity contribution in [3.63, 3.8) is 0 Å². The van der Waals surface area contributed by atoms with Crippen LogP contribution in [0.3, 0.4) is 0 Å². The lowest BCUT2D eigenvalue weighted by atomic mass is 9.88. The minimum absolute atomic E-state index is 0.140. The summed E-state index contributed by atoms with van der Waals surface area (Å²) in [6, 6.07) is 7.62. The van der Waals surface area contributed by atoms with Gasteiger partial charge >= 0.3 is 0 Å². The fraction of sp³-hybridized carbons (Fsp3) is 0.588. The van der Waals surface area contributed by atoms with Crippen molar-refractivity contribution >= 4 is 11.6 Å². The summed E-state index contributed by atoms with van der Waals surface area (Å²) in [5.41, 5.74) is 0.647. The Balaban J connectivity index is 1.86. The van der Waals surface area contributed by atoms with Gasteiger partial charge in [-0.05, 0) is 51.2 Å². The van der Waals surface area contributed by atoms with Gasteiger partial charge in [-0.3, -0.25) is 4.79 Å². The lowest BCUT2D eigenvalue weighted by molar-refractivity contribution is -0.124. The van der Waals surface area contributed by atoms with Crippen LogP contribution in [-0.2, 0) is 4.79 Å². The van der Waals surface area contributed by atoms with Crippen molar-refractivity contribution in [2.75, 3.05) is 32.6 Å². The van der Waals surface area contributed by atoms with E-state index in [0.29, 0.717) is 6.61 Å². The highest BCUT2D eigenvalue weighted by molar-refractivity contribution is 5.95. The first kappa shape index (κ1) is 15.8. The molecule has 1 N–H and O–H groups in total. The zero-order valence-electron chi connectivity index (χ0n) is 13.3. The minimum atomic E-state index is -0.194. The number of likely N-dealkylation sites (N-methyl/N-ethyl adjacent to an activating group) is 1. The molecule has 1 amide bonds. The van der Waals surface area contributed by atoms with E-state index in [-0.39, 0.29) is 11.3 Å². The van der Waals surface area contributed by atoms with E-state index < -0.39 is 0 Å². The van der Waals surface area contributed by atoms with Crippen LogP contribution in [-0.4, -0.2) is 38.1 Å². The molecule has 0 atom stereocenters. The number of rotatable bonds is 6. The molecule has 2 rings (SSSR count). The number of hydrogen-bond acceptors (Lipinski definition) is 3. The van der Waals surface area contributed by atoms with Crippen molar-refractivity contribution in [1.82, 2.24) is 4.90 Å². The van der Waals surface area contributed by atoms with Gasteiger partial charge in [0.15, 0.2) is 0 Å². The predicted octanol–water partition coefficient (Wildman–Crippen LogP) is 3.15. The number of amides is 1. The van der Waals surface area contributed by atoms with Crippen LogP contribution in [0.4, 0.5) is 5.69 Å². The van der Waals surface area contributed by atoms with Crippen LogP contribution in [0, 0.1) is 5.41 Å². The first-order chi connectivity index (χ1) is 9.99. The van der Waals surface area contributed by atoms with Gasteiger partial charge in [0.2, 0.25) is 5.91 Å². The quantitative estimate of drug-likeness (QED) is 0.875. The lowest BCUT2D eigenvalue weighted by Gasteiger charge is -2.22. The van der Waals surface area contributed by atoms with Crippen molar-refractivity contribution in [2.45, 2.75) is 32.6 Å². The molecule has 0 bridgehead atoms. The second kappa shape index (κ2) is 6.94. The summed E-state index contributed by atoms with van der Waals surface area (Å²) in [6.45, 7) is 3.61. The van der Waals surface area contributed by atoms with Crippen molar-refractivity contribution in [3.05, 3.63) is 24.3 Å². The average Bonchev–Trinajstić information content (AvgIpc) is 2.89. The summed E-state index contributed by atoms with van der Waals surface area (Å²) in [7, 11) is 4.04. The summed E-state index contributed by atoms with van der Waals surface area (Å²) >= 11 is 0. The van der Waals surface area contributed by atoms with Gasteiger partial charge in [0.25, 0.3) is 0 Å². The number of carbonyl (C=O) groups excluding carboxylic acids is 1. The third-order valence-electron chi connectivity index (χ3n) is 4.17. The van der Waals surface area contributed by atoms with Gasteiger partial charge in [-0.15, -0.1) is 0 Å². The number of hydrogen-bond donors (Lipinski definition) is 1. The molecule has 4 nitrogen and oxygen atoms in total. The van der Waals surface area contributed by atoms with E-state index in [9.17, 15) is 4.79 Å². The van der Waals surface area contributed by atoms with E-state index in [1.165, 1.54) is 0 Å². The second-order valence-electron chi connectivity index (χ2n) is 6.40. The van der Waals surface area contributed by atoms with Crippen molar-refractivity contribution < 1.29 is 9.53 Å². The Morgan fingerprint density at radius 1 is 1.24 bits per heavy atom. The number of carbonyl (C=O) groups is 1. The Bertz CT molecular complexity index is 462. The Labute approximate surface area is 127 Å². The maximum absolute atomic E-state index is 12.3. The van der Waals surface area contributed by atoms with Gasteiger partial charge in [-0.25, -0.2) is 0 Å². The van der Waals surface area contributed by atoms with Gasteiger partial charge in [0, 0.05) is 17.6 Å². The van der Waals surface area contributed by atoms with Crippen molar-refractivity contribution in [3.8, 4) is 5.75 Å². The SMILES string of the molecule is CN(C)CCOc1ccc(NC(=O)C2(C)CCCC2)cc1. The maximum Gasteiger partial charge on any atom is 0.230 e. The van der Waals surface area contributed by atoms with Crippen LogP contribution in [0.5, 0.6) is 5.75 Å². The highest BCUT2D eigenvalue weighted by Crippen LogP contribution is 2.38. The summed E-state index contributed by atoms with van der Waals surface area (Å²) < 4.78 is 5.64. The summed E-state index contributed by atoms with van der Waals surface area (Å²) in [6.07, 6.45) is 4.29. The third-order valence-corrected chi connectivity index (χ3v) is 4.17. The van der Waals surface area contributed by atoms with E-state index >= 15 is 0 Å². The Morgan fingerprint density at radius 2 is 1.86 bits per heavy atom. The Kier molecular flexibility index (Phi) is 5.23. The molecular weight excluding hydrogens is 264 g/mol. The molecule has 1 aromatic carbocycles. The predicted molar refractivity (Wildman–Crippen MR) is 85.7 cm³/mol. The van der Waals surface area contributed by atoms with Crippen LogP contribution < -0.4 is 10.1 Å². The highest BCUT2D eigenvalue weighted by Gasteiger charge is 2.36.